The van der Waals surface area contributed by atoms with Gasteiger partial charge in [0.25, 0.3) is 0 Å². The third kappa shape index (κ3) is 4.08. The number of esters is 1. The number of hydrogen-bond acceptors (Lipinski definition) is 5. The zero-order chi connectivity index (χ0) is 27.8. The van der Waals surface area contributed by atoms with Crippen molar-refractivity contribution in [1.29, 1.82) is 0 Å². The molecule has 10 unspecified atom stereocenters. The maximum atomic E-state index is 12.5. The number of carbonyl (C=O) groups is 1. The minimum atomic E-state index is -1.33. The summed E-state index contributed by atoms with van der Waals surface area (Å²) in [7, 11) is 0. The van der Waals surface area contributed by atoms with E-state index in [4.69, 9.17) is 4.74 Å². The number of fused-ring (bicyclic) bond motifs is 5. The van der Waals surface area contributed by atoms with Gasteiger partial charge in [-0.1, -0.05) is 46.3 Å². The molecule has 4 rings (SSSR count). The van der Waals surface area contributed by atoms with Crippen molar-refractivity contribution in [1.82, 2.24) is 0 Å². The molecule has 0 aromatic heterocycles. The van der Waals surface area contributed by atoms with Crippen LogP contribution in [0.5, 0.6) is 0 Å². The van der Waals surface area contributed by atoms with Crippen molar-refractivity contribution >= 4 is 5.97 Å². The number of allylic oxidation sites excluding steroid dienone is 2. The minimum Gasteiger partial charge on any atom is -0.462 e. The van der Waals surface area contributed by atoms with E-state index >= 15 is 0 Å². The van der Waals surface area contributed by atoms with Gasteiger partial charge in [0.15, 0.2) is 0 Å². The first kappa shape index (κ1) is 29.1. The van der Waals surface area contributed by atoms with Gasteiger partial charge < -0.3 is 20.1 Å². The SMILES string of the molecule is CC(=O)OC1CC2C3(C)CCC(O)C(C)(C)C3CCC2(C)C2(C)CCC(O)(C(C)(O)CCC=C(C)C)C12. The van der Waals surface area contributed by atoms with Crippen LogP contribution < -0.4 is 0 Å². The van der Waals surface area contributed by atoms with Crippen LogP contribution >= 0.6 is 0 Å². The van der Waals surface area contributed by atoms with Crippen LogP contribution in [-0.2, 0) is 9.53 Å². The molecule has 10 atom stereocenters. The maximum absolute atomic E-state index is 12.5. The molecule has 0 aliphatic heterocycles. The molecule has 0 spiro atoms. The molecule has 5 nitrogen and oxygen atoms in total. The lowest BCUT2D eigenvalue weighted by Crippen LogP contribution is -2.70. The first-order valence-corrected chi connectivity index (χ1v) is 14.8. The van der Waals surface area contributed by atoms with Crippen molar-refractivity contribution in [3.63, 3.8) is 0 Å². The van der Waals surface area contributed by atoms with Gasteiger partial charge in [-0.2, -0.15) is 0 Å². The van der Waals surface area contributed by atoms with Gasteiger partial charge in [0.1, 0.15) is 6.10 Å². The second-order valence-corrected chi connectivity index (χ2v) is 15.2. The number of hydrogen-bond donors (Lipinski definition) is 3. The molecule has 0 aromatic carbocycles. The molecule has 0 amide bonds. The van der Waals surface area contributed by atoms with Crippen molar-refractivity contribution < 1.29 is 24.9 Å². The van der Waals surface area contributed by atoms with E-state index in [1.165, 1.54) is 12.5 Å². The fourth-order valence-electron chi connectivity index (χ4n) is 10.6. The molecule has 37 heavy (non-hydrogen) atoms. The van der Waals surface area contributed by atoms with Gasteiger partial charge in [-0.15, -0.1) is 0 Å². The summed E-state index contributed by atoms with van der Waals surface area (Å²) >= 11 is 0. The number of aliphatic hydroxyl groups excluding tert-OH is 1. The van der Waals surface area contributed by atoms with Gasteiger partial charge in [0.05, 0.1) is 17.3 Å². The second-order valence-electron chi connectivity index (χ2n) is 15.2. The van der Waals surface area contributed by atoms with E-state index in [1.54, 1.807) is 6.92 Å². The number of aliphatic hydroxyl groups is 3. The Morgan fingerprint density at radius 2 is 1.62 bits per heavy atom. The van der Waals surface area contributed by atoms with Crippen LogP contribution in [0.15, 0.2) is 11.6 Å². The van der Waals surface area contributed by atoms with Crippen LogP contribution in [0.25, 0.3) is 0 Å². The molecular weight excluding hydrogens is 464 g/mol. The van der Waals surface area contributed by atoms with E-state index in [0.717, 1.165) is 32.1 Å². The van der Waals surface area contributed by atoms with Gasteiger partial charge in [0.2, 0.25) is 0 Å². The summed E-state index contributed by atoms with van der Waals surface area (Å²) in [6.07, 6.45) is 8.47. The van der Waals surface area contributed by atoms with Crippen LogP contribution in [0.2, 0.25) is 0 Å². The Bertz CT molecular complexity index is 933. The Labute approximate surface area is 225 Å². The molecule has 0 bridgehead atoms. The zero-order valence-electron chi connectivity index (χ0n) is 25.0. The summed E-state index contributed by atoms with van der Waals surface area (Å²) in [5.41, 5.74) is -1.89. The lowest BCUT2D eigenvalue weighted by molar-refractivity contribution is -0.274. The Balaban J connectivity index is 1.79. The van der Waals surface area contributed by atoms with Crippen LogP contribution in [0.4, 0.5) is 0 Å². The number of rotatable bonds is 5. The van der Waals surface area contributed by atoms with E-state index in [9.17, 15) is 20.1 Å². The highest BCUT2D eigenvalue weighted by Crippen LogP contribution is 2.76. The van der Waals surface area contributed by atoms with E-state index < -0.39 is 17.3 Å². The quantitative estimate of drug-likeness (QED) is 0.299. The highest BCUT2D eigenvalue weighted by molar-refractivity contribution is 5.66. The second kappa shape index (κ2) is 9.06. The summed E-state index contributed by atoms with van der Waals surface area (Å²) in [6.45, 7) is 19.0. The van der Waals surface area contributed by atoms with Crippen LogP contribution in [0.1, 0.15) is 120 Å². The molecule has 0 heterocycles. The third-order valence-electron chi connectivity index (χ3n) is 12.8. The predicted molar refractivity (Wildman–Crippen MR) is 147 cm³/mol. The summed E-state index contributed by atoms with van der Waals surface area (Å²) < 4.78 is 6.12. The summed E-state index contributed by atoms with van der Waals surface area (Å²) in [5, 5.41) is 35.3. The van der Waals surface area contributed by atoms with Crippen molar-refractivity contribution in [3.05, 3.63) is 11.6 Å². The maximum Gasteiger partial charge on any atom is 0.302 e. The summed E-state index contributed by atoms with van der Waals surface area (Å²) in [6, 6.07) is 0. The van der Waals surface area contributed by atoms with E-state index in [1.807, 2.05) is 0 Å². The van der Waals surface area contributed by atoms with E-state index in [0.29, 0.717) is 37.5 Å². The average Bonchev–Trinajstić information content (AvgIpc) is 3.06. The van der Waals surface area contributed by atoms with Gasteiger partial charge in [-0.05, 0) is 112 Å². The first-order chi connectivity index (χ1) is 16.9. The van der Waals surface area contributed by atoms with Crippen molar-refractivity contribution in [2.75, 3.05) is 0 Å². The highest BCUT2D eigenvalue weighted by atomic mass is 16.5. The van der Waals surface area contributed by atoms with E-state index in [-0.39, 0.29) is 39.7 Å². The van der Waals surface area contributed by atoms with Crippen LogP contribution in [0, 0.1) is 39.4 Å². The third-order valence-corrected chi connectivity index (χ3v) is 12.8. The molecule has 0 radical (unpaired) electrons. The molecule has 0 aromatic rings. The molecule has 4 fully saturated rings. The Morgan fingerprint density at radius 3 is 2.22 bits per heavy atom. The smallest absolute Gasteiger partial charge is 0.302 e. The van der Waals surface area contributed by atoms with Crippen molar-refractivity contribution in [2.45, 2.75) is 144 Å². The predicted octanol–water partition coefficient (Wildman–Crippen LogP) is 6.19. The van der Waals surface area contributed by atoms with Gasteiger partial charge in [0, 0.05) is 12.8 Å². The Hall–Kier alpha value is -0.910. The van der Waals surface area contributed by atoms with Crippen LogP contribution in [-0.4, -0.2) is 44.7 Å². The fraction of sp³-hybridized carbons (Fsp3) is 0.906. The van der Waals surface area contributed by atoms with Gasteiger partial charge >= 0.3 is 5.97 Å². The largest absolute Gasteiger partial charge is 0.462 e. The van der Waals surface area contributed by atoms with Crippen LogP contribution in [0.3, 0.4) is 0 Å². The lowest BCUT2D eigenvalue weighted by atomic mass is 9.35. The molecule has 5 heteroatoms. The molecule has 4 saturated carbocycles. The minimum absolute atomic E-state index is 0.0226. The molecular formula is C32H54O5. The average molecular weight is 519 g/mol. The Kier molecular flexibility index (Phi) is 7.12. The first-order valence-electron chi connectivity index (χ1n) is 14.8. The standard InChI is InChI=1S/C32H54O5/c1-20(2)11-10-14-31(9,35)32(36)18-17-30(8)26(32)22(37-21(3)33)19-24-28(6)15-13-25(34)27(4,5)23(28)12-16-29(24,30)7/h11,22-26,34-36H,10,12-19H2,1-9H3. The van der Waals surface area contributed by atoms with Gasteiger partial charge in [-0.3, -0.25) is 4.79 Å². The van der Waals surface area contributed by atoms with Crippen molar-refractivity contribution in [2.24, 2.45) is 39.4 Å². The topological polar surface area (TPSA) is 87.0 Å². The van der Waals surface area contributed by atoms with Gasteiger partial charge in [-0.25, -0.2) is 0 Å². The number of carbonyl (C=O) groups excluding carboxylic acids is 1. The van der Waals surface area contributed by atoms with E-state index in [2.05, 4.69) is 54.5 Å². The molecule has 0 saturated heterocycles. The fourth-order valence-corrected chi connectivity index (χ4v) is 10.6. The lowest BCUT2D eigenvalue weighted by Gasteiger charge is -2.71. The Morgan fingerprint density at radius 1 is 0.973 bits per heavy atom. The highest BCUT2D eigenvalue weighted by Gasteiger charge is 2.75. The number of ether oxygens (including phenoxy) is 1. The zero-order valence-corrected chi connectivity index (χ0v) is 25.0. The molecule has 4 aliphatic carbocycles. The summed E-state index contributed by atoms with van der Waals surface area (Å²) in [4.78, 5) is 12.5. The normalized spacial score (nSPS) is 48.2. The monoisotopic (exact) mass is 518 g/mol. The van der Waals surface area contributed by atoms with Crippen molar-refractivity contribution in [3.8, 4) is 0 Å². The molecule has 212 valence electrons. The summed E-state index contributed by atoms with van der Waals surface area (Å²) in [5.74, 6) is 0.0713. The molecule has 4 aliphatic rings. The molecule has 3 N–H and O–H groups in total.